The molecule has 19 heavy (non-hydrogen) atoms. The molecule has 0 spiro atoms. The molecule has 0 aliphatic heterocycles. The molecule has 1 rings (SSSR count). The Morgan fingerprint density at radius 2 is 2.00 bits per heavy atom. The standard InChI is InChI=1S/C15H21N3O/c1-6-8-12-13(10-16-15(19)11(3)4)18(5)14(17-12)9-7-2/h6-7H,1-3,8-10H2,4-5H3,(H,16,19). The Morgan fingerprint density at radius 3 is 2.53 bits per heavy atom. The number of amides is 1. The normalized spacial score (nSPS) is 10.0. The molecule has 1 heterocycles. The van der Waals surface area contributed by atoms with Crippen molar-refractivity contribution in [2.24, 2.45) is 7.05 Å². The lowest BCUT2D eigenvalue weighted by Gasteiger charge is -2.08. The van der Waals surface area contributed by atoms with E-state index < -0.39 is 0 Å². The molecule has 0 saturated heterocycles. The van der Waals surface area contributed by atoms with Crippen LogP contribution < -0.4 is 5.32 Å². The molecule has 0 unspecified atom stereocenters. The van der Waals surface area contributed by atoms with Crippen molar-refractivity contribution in [2.45, 2.75) is 26.3 Å². The van der Waals surface area contributed by atoms with Crippen molar-refractivity contribution in [1.29, 1.82) is 0 Å². The number of hydrogen-bond donors (Lipinski definition) is 1. The lowest BCUT2D eigenvalue weighted by atomic mass is 10.2. The number of allylic oxidation sites excluding steroid dienone is 2. The van der Waals surface area contributed by atoms with Crippen LogP contribution in [0.2, 0.25) is 0 Å². The van der Waals surface area contributed by atoms with Gasteiger partial charge in [0.1, 0.15) is 5.82 Å². The Morgan fingerprint density at radius 1 is 1.37 bits per heavy atom. The van der Waals surface area contributed by atoms with Crippen LogP contribution in [0.3, 0.4) is 0 Å². The van der Waals surface area contributed by atoms with Crippen LogP contribution in [0.15, 0.2) is 37.5 Å². The molecule has 4 heteroatoms. The fourth-order valence-electron chi connectivity index (χ4n) is 1.79. The zero-order valence-electron chi connectivity index (χ0n) is 11.7. The third-order valence-corrected chi connectivity index (χ3v) is 2.86. The highest BCUT2D eigenvalue weighted by molar-refractivity contribution is 5.91. The first kappa shape index (κ1) is 15.0. The molecule has 4 nitrogen and oxygen atoms in total. The predicted molar refractivity (Wildman–Crippen MR) is 77.7 cm³/mol. The average molecular weight is 259 g/mol. The van der Waals surface area contributed by atoms with Gasteiger partial charge in [-0.25, -0.2) is 4.98 Å². The van der Waals surface area contributed by atoms with Crippen molar-refractivity contribution in [3.63, 3.8) is 0 Å². The minimum Gasteiger partial charge on any atom is -0.347 e. The topological polar surface area (TPSA) is 46.9 Å². The highest BCUT2D eigenvalue weighted by Crippen LogP contribution is 2.13. The Bertz CT molecular complexity index is 512. The molecule has 0 aliphatic carbocycles. The minimum absolute atomic E-state index is 0.143. The number of carbonyl (C=O) groups is 1. The highest BCUT2D eigenvalue weighted by atomic mass is 16.1. The summed E-state index contributed by atoms with van der Waals surface area (Å²) in [4.78, 5) is 16.1. The maximum absolute atomic E-state index is 11.6. The zero-order chi connectivity index (χ0) is 14.4. The summed E-state index contributed by atoms with van der Waals surface area (Å²) < 4.78 is 2.00. The summed E-state index contributed by atoms with van der Waals surface area (Å²) in [6.45, 7) is 13.2. The van der Waals surface area contributed by atoms with Crippen LogP contribution in [0, 0.1) is 0 Å². The van der Waals surface area contributed by atoms with E-state index in [2.05, 4.69) is 30.0 Å². The lowest BCUT2D eigenvalue weighted by Crippen LogP contribution is -2.25. The van der Waals surface area contributed by atoms with Gasteiger partial charge >= 0.3 is 0 Å². The number of imidazole rings is 1. The highest BCUT2D eigenvalue weighted by Gasteiger charge is 2.13. The summed E-state index contributed by atoms with van der Waals surface area (Å²) >= 11 is 0. The van der Waals surface area contributed by atoms with Gasteiger partial charge in [0, 0.05) is 25.5 Å². The second-order valence-electron chi connectivity index (χ2n) is 4.43. The smallest absolute Gasteiger partial charge is 0.246 e. The number of rotatable bonds is 7. The van der Waals surface area contributed by atoms with E-state index >= 15 is 0 Å². The Kier molecular flexibility index (Phi) is 5.30. The van der Waals surface area contributed by atoms with E-state index in [1.165, 1.54) is 0 Å². The molecule has 0 atom stereocenters. The number of aromatic nitrogens is 2. The monoisotopic (exact) mass is 259 g/mol. The molecule has 1 aromatic heterocycles. The number of hydrogen-bond acceptors (Lipinski definition) is 2. The van der Waals surface area contributed by atoms with E-state index in [-0.39, 0.29) is 5.91 Å². The molecule has 102 valence electrons. The quantitative estimate of drug-likeness (QED) is 0.602. The first-order valence-electron chi connectivity index (χ1n) is 6.20. The third kappa shape index (κ3) is 3.68. The second-order valence-corrected chi connectivity index (χ2v) is 4.43. The predicted octanol–water partition coefficient (Wildman–Crippen LogP) is 2.07. The maximum atomic E-state index is 11.6. The van der Waals surface area contributed by atoms with Gasteiger partial charge in [-0.3, -0.25) is 4.79 Å². The Labute approximate surface area is 114 Å². The molecular formula is C15H21N3O. The molecule has 1 aromatic rings. The average Bonchev–Trinajstić information content (AvgIpc) is 2.64. The summed E-state index contributed by atoms with van der Waals surface area (Å²) in [5.41, 5.74) is 2.43. The van der Waals surface area contributed by atoms with Gasteiger partial charge in [-0.1, -0.05) is 18.7 Å². The number of nitrogens with one attached hydrogen (secondary N) is 1. The molecular weight excluding hydrogens is 238 g/mol. The van der Waals surface area contributed by atoms with Crippen LogP contribution in [0.25, 0.3) is 0 Å². The summed E-state index contributed by atoms with van der Waals surface area (Å²) in [5.74, 6) is 0.794. The molecule has 0 aliphatic rings. The van der Waals surface area contributed by atoms with E-state index in [0.717, 1.165) is 17.2 Å². The van der Waals surface area contributed by atoms with Gasteiger partial charge < -0.3 is 9.88 Å². The Balaban J connectivity index is 2.96. The van der Waals surface area contributed by atoms with Crippen molar-refractivity contribution < 1.29 is 4.79 Å². The largest absolute Gasteiger partial charge is 0.347 e. The first-order chi connectivity index (χ1) is 9.01. The number of carbonyl (C=O) groups excluding carboxylic acids is 1. The van der Waals surface area contributed by atoms with Crippen molar-refractivity contribution >= 4 is 5.91 Å². The van der Waals surface area contributed by atoms with Crippen molar-refractivity contribution in [3.8, 4) is 0 Å². The molecule has 0 radical (unpaired) electrons. The van der Waals surface area contributed by atoms with Crippen molar-refractivity contribution in [2.75, 3.05) is 0 Å². The van der Waals surface area contributed by atoms with E-state index in [1.807, 2.05) is 23.8 Å². The van der Waals surface area contributed by atoms with Crippen LogP contribution in [0.4, 0.5) is 0 Å². The lowest BCUT2D eigenvalue weighted by molar-refractivity contribution is -0.117. The second kappa shape index (κ2) is 6.73. The van der Waals surface area contributed by atoms with Gasteiger partial charge in [0.05, 0.1) is 17.9 Å². The fraction of sp³-hybridized carbons (Fsp3) is 0.333. The maximum Gasteiger partial charge on any atom is 0.246 e. The summed E-state index contributed by atoms with van der Waals surface area (Å²) in [7, 11) is 1.95. The summed E-state index contributed by atoms with van der Waals surface area (Å²) in [5, 5.41) is 2.83. The molecule has 0 bridgehead atoms. The van der Waals surface area contributed by atoms with E-state index in [4.69, 9.17) is 0 Å². The van der Waals surface area contributed by atoms with Gasteiger partial charge in [-0.2, -0.15) is 0 Å². The molecule has 1 N–H and O–H groups in total. The third-order valence-electron chi connectivity index (χ3n) is 2.86. The summed E-state index contributed by atoms with van der Waals surface area (Å²) in [6, 6.07) is 0. The van der Waals surface area contributed by atoms with Crippen LogP contribution in [0.1, 0.15) is 24.1 Å². The van der Waals surface area contributed by atoms with E-state index in [9.17, 15) is 4.79 Å². The molecule has 0 saturated carbocycles. The molecule has 1 amide bonds. The minimum atomic E-state index is -0.143. The van der Waals surface area contributed by atoms with Crippen LogP contribution in [-0.4, -0.2) is 15.5 Å². The van der Waals surface area contributed by atoms with E-state index in [1.54, 1.807) is 6.92 Å². The van der Waals surface area contributed by atoms with Gasteiger partial charge in [-0.05, 0) is 6.92 Å². The van der Waals surface area contributed by atoms with Crippen LogP contribution in [0.5, 0.6) is 0 Å². The van der Waals surface area contributed by atoms with Crippen LogP contribution >= 0.6 is 0 Å². The Hall–Kier alpha value is -2.10. The van der Waals surface area contributed by atoms with E-state index in [0.29, 0.717) is 25.0 Å². The zero-order valence-corrected chi connectivity index (χ0v) is 11.7. The SMILES string of the molecule is C=CCc1nc(CC=C)n(C)c1CNC(=O)C(=C)C. The van der Waals surface area contributed by atoms with Crippen LogP contribution in [-0.2, 0) is 31.2 Å². The van der Waals surface area contributed by atoms with Gasteiger partial charge in [-0.15, -0.1) is 13.2 Å². The molecule has 0 aromatic carbocycles. The van der Waals surface area contributed by atoms with Gasteiger partial charge in [0.15, 0.2) is 0 Å². The van der Waals surface area contributed by atoms with Gasteiger partial charge in [0.25, 0.3) is 0 Å². The summed E-state index contributed by atoms with van der Waals surface area (Å²) in [6.07, 6.45) is 5.01. The fourth-order valence-corrected chi connectivity index (χ4v) is 1.79. The first-order valence-corrected chi connectivity index (χ1v) is 6.20. The van der Waals surface area contributed by atoms with Crippen molar-refractivity contribution in [3.05, 3.63) is 54.7 Å². The number of nitrogens with zero attached hydrogens (tertiary/aromatic N) is 2. The molecule has 0 fully saturated rings. The van der Waals surface area contributed by atoms with Crippen molar-refractivity contribution in [1.82, 2.24) is 14.9 Å². The van der Waals surface area contributed by atoms with Gasteiger partial charge in [0.2, 0.25) is 5.91 Å².